The van der Waals surface area contributed by atoms with Gasteiger partial charge in [-0.1, -0.05) is 43.7 Å². The second kappa shape index (κ2) is 5.07. The van der Waals surface area contributed by atoms with E-state index in [4.69, 9.17) is 4.74 Å². The maximum Gasteiger partial charge on any atom is 0.199 e. The molecule has 1 atom stereocenters. The van der Waals surface area contributed by atoms with E-state index in [1.54, 1.807) is 7.11 Å². The molecule has 0 amide bonds. The zero-order valence-corrected chi connectivity index (χ0v) is 11.3. The number of ether oxygens (including phenoxy) is 1. The fourth-order valence-electron chi connectivity index (χ4n) is 2.77. The lowest BCUT2D eigenvalue weighted by Crippen LogP contribution is -2.49. The Morgan fingerprint density at radius 1 is 1.22 bits per heavy atom. The topological polar surface area (TPSA) is 26.3 Å². The summed E-state index contributed by atoms with van der Waals surface area (Å²) >= 11 is 0. The van der Waals surface area contributed by atoms with Gasteiger partial charge in [-0.15, -0.1) is 0 Å². The molecule has 0 bridgehead atoms. The number of hydrogen-bond acceptors (Lipinski definition) is 2. The maximum absolute atomic E-state index is 12.3. The molecule has 2 rings (SSSR count). The summed E-state index contributed by atoms with van der Waals surface area (Å²) in [5.41, 5.74) is 2.19. The van der Waals surface area contributed by atoms with E-state index in [0.717, 1.165) is 36.0 Å². The predicted octanol–water partition coefficient (Wildman–Crippen LogP) is 3.62. The summed E-state index contributed by atoms with van der Waals surface area (Å²) < 4.78 is 5.64. The van der Waals surface area contributed by atoms with Gasteiger partial charge < -0.3 is 4.74 Å². The number of unbranched alkanes of at least 4 members (excludes halogenated alkanes) is 1. The molecule has 1 aliphatic carbocycles. The van der Waals surface area contributed by atoms with E-state index in [0.29, 0.717) is 0 Å². The van der Waals surface area contributed by atoms with Crippen LogP contribution in [-0.4, -0.2) is 12.9 Å². The Morgan fingerprint density at radius 2 is 1.89 bits per heavy atom. The number of rotatable bonds is 5. The number of hydrogen-bond donors (Lipinski definition) is 0. The molecule has 0 heterocycles. The van der Waals surface area contributed by atoms with Crippen LogP contribution in [0.2, 0.25) is 0 Å². The van der Waals surface area contributed by atoms with Crippen molar-refractivity contribution in [1.82, 2.24) is 0 Å². The van der Waals surface area contributed by atoms with Crippen molar-refractivity contribution in [3.63, 3.8) is 0 Å². The van der Waals surface area contributed by atoms with Gasteiger partial charge in [0.25, 0.3) is 0 Å². The van der Waals surface area contributed by atoms with Crippen LogP contribution in [0.4, 0.5) is 0 Å². The highest BCUT2D eigenvalue weighted by Crippen LogP contribution is 2.48. The Labute approximate surface area is 109 Å². The quantitative estimate of drug-likeness (QED) is 0.790. The maximum atomic E-state index is 12.3. The number of benzene rings is 1. The molecule has 18 heavy (non-hydrogen) atoms. The molecule has 1 aliphatic rings. The number of carbonyl (C=O) groups excluding carboxylic acids is 1. The SMILES string of the molecule is CCCCC1=C(C)C(=O)C1(OC)c1ccccc1. The summed E-state index contributed by atoms with van der Waals surface area (Å²) in [5.74, 6) is 0.113. The molecule has 1 aromatic rings. The molecule has 0 saturated carbocycles. The third-order valence-corrected chi connectivity index (χ3v) is 3.80. The van der Waals surface area contributed by atoms with Crippen LogP contribution in [0.1, 0.15) is 38.7 Å². The van der Waals surface area contributed by atoms with Gasteiger partial charge in [-0.2, -0.15) is 0 Å². The summed E-state index contributed by atoms with van der Waals surface area (Å²) in [5, 5.41) is 0. The van der Waals surface area contributed by atoms with Gasteiger partial charge in [-0.3, -0.25) is 4.79 Å². The minimum atomic E-state index is -0.805. The third kappa shape index (κ3) is 1.72. The Kier molecular flexibility index (Phi) is 3.67. The van der Waals surface area contributed by atoms with Crippen molar-refractivity contribution in [2.24, 2.45) is 0 Å². The molecule has 0 saturated heterocycles. The Bertz CT molecular complexity index is 473. The van der Waals surface area contributed by atoms with Gasteiger partial charge in [0, 0.05) is 7.11 Å². The van der Waals surface area contributed by atoms with Crippen LogP contribution in [0.25, 0.3) is 0 Å². The molecule has 0 aliphatic heterocycles. The molecular formula is C16H20O2. The highest BCUT2D eigenvalue weighted by atomic mass is 16.5. The fourth-order valence-corrected chi connectivity index (χ4v) is 2.77. The standard InChI is InChI=1S/C16H20O2/c1-4-5-11-14-12(2)15(17)16(14,18-3)13-9-7-6-8-10-13/h6-10H,4-5,11H2,1-3H3. The van der Waals surface area contributed by atoms with Crippen molar-refractivity contribution in [3.8, 4) is 0 Å². The average Bonchev–Trinajstić information content (AvgIpc) is 2.43. The Balaban J connectivity index is 2.42. The van der Waals surface area contributed by atoms with Crippen LogP contribution in [0.15, 0.2) is 41.5 Å². The predicted molar refractivity (Wildman–Crippen MR) is 72.4 cm³/mol. The van der Waals surface area contributed by atoms with Gasteiger partial charge in [-0.25, -0.2) is 0 Å². The van der Waals surface area contributed by atoms with Crippen LogP contribution < -0.4 is 0 Å². The smallest absolute Gasteiger partial charge is 0.199 e. The molecule has 0 spiro atoms. The van der Waals surface area contributed by atoms with Crippen LogP contribution in [0.3, 0.4) is 0 Å². The van der Waals surface area contributed by atoms with E-state index >= 15 is 0 Å². The minimum Gasteiger partial charge on any atom is -0.361 e. The summed E-state index contributed by atoms with van der Waals surface area (Å²) in [7, 11) is 1.63. The summed E-state index contributed by atoms with van der Waals surface area (Å²) in [6.07, 6.45) is 3.16. The number of Topliss-reactive ketones (excluding diaryl/α,β-unsaturated/α-hetero) is 1. The van der Waals surface area contributed by atoms with Gasteiger partial charge >= 0.3 is 0 Å². The number of ketones is 1. The van der Waals surface area contributed by atoms with Crippen molar-refractivity contribution >= 4 is 5.78 Å². The highest BCUT2D eigenvalue weighted by molar-refractivity contribution is 6.12. The summed E-state index contributed by atoms with van der Waals surface area (Å²) in [4.78, 5) is 12.3. The first-order valence-electron chi connectivity index (χ1n) is 6.54. The monoisotopic (exact) mass is 244 g/mol. The molecule has 1 aromatic carbocycles. The molecular weight excluding hydrogens is 224 g/mol. The second-order valence-corrected chi connectivity index (χ2v) is 4.79. The molecule has 0 N–H and O–H groups in total. The zero-order valence-electron chi connectivity index (χ0n) is 11.3. The first-order chi connectivity index (χ1) is 8.68. The van der Waals surface area contributed by atoms with Crippen LogP contribution in [-0.2, 0) is 15.1 Å². The van der Waals surface area contributed by atoms with Crippen LogP contribution in [0, 0.1) is 0 Å². The molecule has 0 fully saturated rings. The summed E-state index contributed by atoms with van der Waals surface area (Å²) in [6, 6.07) is 9.81. The van der Waals surface area contributed by atoms with Crippen molar-refractivity contribution < 1.29 is 9.53 Å². The lowest BCUT2D eigenvalue weighted by molar-refractivity contribution is -0.139. The number of methoxy groups -OCH3 is 1. The van der Waals surface area contributed by atoms with Crippen molar-refractivity contribution in [1.29, 1.82) is 0 Å². The van der Waals surface area contributed by atoms with E-state index < -0.39 is 5.60 Å². The molecule has 96 valence electrons. The van der Waals surface area contributed by atoms with Crippen molar-refractivity contribution in [2.75, 3.05) is 7.11 Å². The van der Waals surface area contributed by atoms with E-state index in [2.05, 4.69) is 6.92 Å². The van der Waals surface area contributed by atoms with Gasteiger partial charge in [0.15, 0.2) is 11.4 Å². The lowest BCUT2D eigenvalue weighted by Gasteiger charge is -2.43. The van der Waals surface area contributed by atoms with Gasteiger partial charge in [0.1, 0.15) is 0 Å². The molecule has 2 nitrogen and oxygen atoms in total. The molecule has 0 aromatic heterocycles. The van der Waals surface area contributed by atoms with Crippen LogP contribution >= 0.6 is 0 Å². The Hall–Kier alpha value is -1.41. The van der Waals surface area contributed by atoms with Crippen molar-refractivity contribution in [3.05, 3.63) is 47.0 Å². The highest BCUT2D eigenvalue weighted by Gasteiger charge is 2.52. The first kappa shape index (κ1) is 13.0. The zero-order chi connectivity index (χ0) is 13.2. The van der Waals surface area contributed by atoms with E-state index in [1.807, 2.05) is 37.3 Å². The Morgan fingerprint density at radius 3 is 2.44 bits per heavy atom. The fraction of sp³-hybridized carbons (Fsp3) is 0.438. The van der Waals surface area contributed by atoms with E-state index in [1.165, 1.54) is 0 Å². The van der Waals surface area contributed by atoms with Gasteiger partial charge in [0.2, 0.25) is 0 Å². The van der Waals surface area contributed by atoms with Crippen molar-refractivity contribution in [2.45, 2.75) is 38.7 Å². The van der Waals surface area contributed by atoms with E-state index in [9.17, 15) is 4.79 Å². The first-order valence-corrected chi connectivity index (χ1v) is 6.54. The van der Waals surface area contributed by atoms with Gasteiger partial charge in [-0.05, 0) is 36.5 Å². The van der Waals surface area contributed by atoms with Crippen LogP contribution in [0.5, 0.6) is 0 Å². The van der Waals surface area contributed by atoms with E-state index in [-0.39, 0.29) is 5.78 Å². The second-order valence-electron chi connectivity index (χ2n) is 4.79. The normalized spacial score (nSPS) is 23.2. The summed E-state index contributed by atoms with van der Waals surface area (Å²) in [6.45, 7) is 4.07. The molecule has 2 heteroatoms. The van der Waals surface area contributed by atoms with Gasteiger partial charge in [0.05, 0.1) is 0 Å². The minimum absolute atomic E-state index is 0.113. The molecule has 0 radical (unpaired) electrons. The lowest BCUT2D eigenvalue weighted by atomic mass is 9.67. The largest absolute Gasteiger partial charge is 0.361 e. The molecule has 1 unspecified atom stereocenters. The number of carbonyl (C=O) groups is 1. The third-order valence-electron chi connectivity index (χ3n) is 3.80. The average molecular weight is 244 g/mol.